The fourth-order valence-electron chi connectivity index (χ4n) is 2.34. The fraction of sp³-hybridized carbons (Fsp3) is 0.500. The van der Waals surface area contributed by atoms with Gasteiger partial charge < -0.3 is 9.64 Å². The lowest BCUT2D eigenvalue weighted by atomic mass is 10.1. The van der Waals surface area contributed by atoms with Gasteiger partial charge in [0.1, 0.15) is 10.6 Å². The van der Waals surface area contributed by atoms with E-state index < -0.39 is 10.0 Å². The Hall–Kier alpha value is -1.27. The van der Waals surface area contributed by atoms with Gasteiger partial charge in [-0.3, -0.25) is 0 Å². The molecule has 0 fully saturated rings. The zero-order valence-corrected chi connectivity index (χ0v) is 11.6. The number of nitrogens with two attached hydrogens (primary N) is 1. The Kier molecular flexibility index (Phi) is 3.25. The molecule has 0 aliphatic carbocycles. The summed E-state index contributed by atoms with van der Waals surface area (Å²) >= 11 is 0. The predicted molar refractivity (Wildman–Crippen MR) is 70.6 cm³/mol. The summed E-state index contributed by atoms with van der Waals surface area (Å²) in [4.78, 5) is 2.22. The van der Waals surface area contributed by atoms with E-state index >= 15 is 0 Å². The van der Waals surface area contributed by atoms with Crippen LogP contribution in [0.25, 0.3) is 0 Å². The summed E-state index contributed by atoms with van der Waals surface area (Å²) in [5.41, 5.74) is 2.04. The van der Waals surface area contributed by atoms with Gasteiger partial charge in [-0.25, -0.2) is 13.6 Å². The molecular formula is C12H18N2O3S. The molecule has 0 saturated heterocycles. The van der Waals surface area contributed by atoms with E-state index in [2.05, 4.69) is 18.7 Å². The molecule has 1 heterocycles. The van der Waals surface area contributed by atoms with Gasteiger partial charge in [-0.15, -0.1) is 0 Å². The number of ether oxygens (including phenoxy) is 1. The number of hydrogen-bond acceptors (Lipinski definition) is 4. The molecule has 100 valence electrons. The first kappa shape index (κ1) is 13.2. The first-order chi connectivity index (χ1) is 8.34. The Morgan fingerprint density at radius 3 is 2.56 bits per heavy atom. The van der Waals surface area contributed by atoms with Crippen LogP contribution >= 0.6 is 0 Å². The van der Waals surface area contributed by atoms with E-state index in [9.17, 15) is 8.42 Å². The van der Waals surface area contributed by atoms with Crippen molar-refractivity contribution in [3.63, 3.8) is 0 Å². The van der Waals surface area contributed by atoms with Gasteiger partial charge in [-0.1, -0.05) is 0 Å². The maximum atomic E-state index is 11.6. The normalized spacial score (nSPS) is 15.1. The number of rotatable bonds is 3. The molecule has 0 aromatic heterocycles. The monoisotopic (exact) mass is 270 g/mol. The summed E-state index contributed by atoms with van der Waals surface area (Å²) in [6.45, 7) is 5.05. The Balaban J connectivity index is 2.61. The van der Waals surface area contributed by atoms with E-state index in [0.717, 1.165) is 24.2 Å². The summed E-state index contributed by atoms with van der Waals surface area (Å²) in [7, 11) is -2.32. The van der Waals surface area contributed by atoms with Gasteiger partial charge in [0, 0.05) is 18.3 Å². The third kappa shape index (κ3) is 2.18. The van der Waals surface area contributed by atoms with Crippen LogP contribution in [0.2, 0.25) is 0 Å². The van der Waals surface area contributed by atoms with Gasteiger partial charge in [-0.05, 0) is 38.0 Å². The minimum Gasteiger partial charge on any atom is -0.495 e. The van der Waals surface area contributed by atoms with Crippen molar-refractivity contribution < 1.29 is 13.2 Å². The van der Waals surface area contributed by atoms with Crippen molar-refractivity contribution in [2.24, 2.45) is 5.14 Å². The average molecular weight is 270 g/mol. The summed E-state index contributed by atoms with van der Waals surface area (Å²) in [6, 6.07) is 3.72. The molecular weight excluding hydrogens is 252 g/mol. The van der Waals surface area contributed by atoms with Gasteiger partial charge in [-0.2, -0.15) is 0 Å². The van der Waals surface area contributed by atoms with Gasteiger partial charge >= 0.3 is 0 Å². The zero-order valence-electron chi connectivity index (χ0n) is 10.8. The largest absolute Gasteiger partial charge is 0.495 e. The highest BCUT2D eigenvalue weighted by atomic mass is 32.2. The molecule has 1 aliphatic rings. The molecule has 0 saturated carbocycles. The molecule has 2 rings (SSSR count). The number of fused-ring (bicyclic) bond motifs is 1. The molecule has 1 aliphatic heterocycles. The van der Waals surface area contributed by atoms with E-state index in [0.29, 0.717) is 11.8 Å². The molecule has 0 amide bonds. The van der Waals surface area contributed by atoms with Crippen LogP contribution in [0.5, 0.6) is 5.75 Å². The second-order valence-electron chi connectivity index (χ2n) is 4.71. The topological polar surface area (TPSA) is 72.6 Å². The molecule has 18 heavy (non-hydrogen) atoms. The van der Waals surface area contributed by atoms with Gasteiger partial charge in [0.05, 0.1) is 7.11 Å². The Bertz CT molecular complexity index is 567. The van der Waals surface area contributed by atoms with Crippen LogP contribution in [0, 0.1) is 0 Å². The Morgan fingerprint density at radius 1 is 1.39 bits per heavy atom. The van der Waals surface area contributed by atoms with E-state index in [1.807, 2.05) is 0 Å². The summed E-state index contributed by atoms with van der Waals surface area (Å²) in [5.74, 6) is 0.321. The molecule has 0 atom stereocenters. The van der Waals surface area contributed by atoms with Gasteiger partial charge in [0.15, 0.2) is 0 Å². The number of hydrogen-bond donors (Lipinski definition) is 1. The molecule has 6 heteroatoms. The van der Waals surface area contributed by atoms with Crippen molar-refractivity contribution in [3.8, 4) is 5.75 Å². The van der Waals surface area contributed by atoms with Crippen molar-refractivity contribution in [1.29, 1.82) is 0 Å². The summed E-state index contributed by atoms with van der Waals surface area (Å²) in [6.07, 6.45) is 0.898. The highest BCUT2D eigenvalue weighted by Crippen LogP contribution is 2.36. The molecule has 2 N–H and O–H groups in total. The van der Waals surface area contributed by atoms with E-state index in [4.69, 9.17) is 9.88 Å². The molecule has 0 unspecified atom stereocenters. The van der Waals surface area contributed by atoms with Crippen molar-refractivity contribution in [3.05, 3.63) is 17.7 Å². The Morgan fingerprint density at radius 2 is 2.06 bits per heavy atom. The van der Waals surface area contributed by atoms with Crippen molar-refractivity contribution in [2.75, 3.05) is 18.6 Å². The van der Waals surface area contributed by atoms with Crippen molar-refractivity contribution >= 4 is 15.7 Å². The third-order valence-corrected chi connectivity index (χ3v) is 4.16. The van der Waals surface area contributed by atoms with Crippen LogP contribution in [0.4, 0.5) is 5.69 Å². The highest BCUT2D eigenvalue weighted by Gasteiger charge is 2.26. The first-order valence-corrected chi connectivity index (χ1v) is 7.39. The van der Waals surface area contributed by atoms with Crippen LogP contribution in [0.3, 0.4) is 0 Å². The molecule has 0 spiro atoms. The maximum Gasteiger partial charge on any atom is 0.241 e. The van der Waals surface area contributed by atoms with Crippen LogP contribution < -0.4 is 14.8 Å². The summed E-state index contributed by atoms with van der Waals surface area (Å²) < 4.78 is 28.3. The second kappa shape index (κ2) is 4.44. The number of primary sulfonamides is 1. The molecule has 5 nitrogen and oxygen atoms in total. The first-order valence-electron chi connectivity index (χ1n) is 5.85. The van der Waals surface area contributed by atoms with Crippen LogP contribution in [-0.2, 0) is 16.4 Å². The maximum absolute atomic E-state index is 11.6. The van der Waals surface area contributed by atoms with Crippen molar-refractivity contribution in [2.45, 2.75) is 31.2 Å². The Labute approximate surface area is 108 Å². The number of sulfonamides is 1. The molecule has 1 aromatic rings. The van der Waals surface area contributed by atoms with E-state index in [1.165, 1.54) is 7.11 Å². The lowest BCUT2D eigenvalue weighted by Crippen LogP contribution is -2.28. The summed E-state index contributed by atoms with van der Waals surface area (Å²) in [5, 5.41) is 5.22. The number of benzene rings is 1. The standard InChI is InChI=1S/C12H18N2O3S/c1-8(2)14-5-4-9-6-11(17-3)12(7-10(9)14)18(13,15)16/h6-8H,4-5H2,1-3H3,(H2,13,15,16). The minimum absolute atomic E-state index is 0.0521. The molecule has 1 aromatic carbocycles. The van der Waals surface area contributed by atoms with Crippen LogP contribution in [0.15, 0.2) is 17.0 Å². The number of methoxy groups -OCH3 is 1. The van der Waals surface area contributed by atoms with E-state index in [1.54, 1.807) is 12.1 Å². The minimum atomic E-state index is -3.77. The molecule has 0 radical (unpaired) electrons. The van der Waals surface area contributed by atoms with Crippen molar-refractivity contribution in [1.82, 2.24) is 0 Å². The second-order valence-corrected chi connectivity index (χ2v) is 6.24. The molecule has 0 bridgehead atoms. The SMILES string of the molecule is COc1cc2c(cc1S(N)(=O)=O)N(C(C)C)CC2. The van der Waals surface area contributed by atoms with Gasteiger partial charge in [0.2, 0.25) is 10.0 Å². The average Bonchev–Trinajstić information content (AvgIpc) is 2.68. The zero-order chi connectivity index (χ0) is 13.5. The predicted octanol–water partition coefficient (Wildman–Crippen LogP) is 1.11. The third-order valence-electron chi connectivity index (χ3n) is 3.23. The van der Waals surface area contributed by atoms with Gasteiger partial charge in [0.25, 0.3) is 0 Å². The lowest BCUT2D eigenvalue weighted by Gasteiger charge is -2.24. The highest BCUT2D eigenvalue weighted by molar-refractivity contribution is 7.89. The fourth-order valence-corrected chi connectivity index (χ4v) is 3.04. The van der Waals surface area contributed by atoms with Crippen LogP contribution in [-0.4, -0.2) is 28.1 Å². The number of nitrogens with zero attached hydrogens (tertiary/aromatic N) is 1. The van der Waals surface area contributed by atoms with Crippen LogP contribution in [0.1, 0.15) is 19.4 Å². The lowest BCUT2D eigenvalue weighted by molar-refractivity contribution is 0.402. The van der Waals surface area contributed by atoms with E-state index in [-0.39, 0.29) is 4.90 Å². The number of anilines is 1. The quantitative estimate of drug-likeness (QED) is 0.893. The smallest absolute Gasteiger partial charge is 0.241 e.